The van der Waals surface area contributed by atoms with Gasteiger partial charge < -0.3 is 10.6 Å². The number of carbonyl (C=O) groups is 1. The molecule has 0 radical (unpaired) electrons. The lowest BCUT2D eigenvalue weighted by atomic mass is 10.1. The molecule has 1 atom stereocenters. The Hall–Kier alpha value is -2.31. The molecular formula is C19H23FN4O. The van der Waals surface area contributed by atoms with Crippen molar-refractivity contribution in [3.63, 3.8) is 0 Å². The summed E-state index contributed by atoms with van der Waals surface area (Å²) in [5.74, 6) is -0.231. The predicted octanol–water partition coefficient (Wildman–Crippen LogP) is 1.53. The molecule has 25 heavy (non-hydrogen) atoms. The van der Waals surface area contributed by atoms with Crippen LogP contribution < -0.4 is 10.6 Å². The Morgan fingerprint density at radius 1 is 1.32 bits per heavy atom. The van der Waals surface area contributed by atoms with Crippen molar-refractivity contribution in [1.29, 1.82) is 0 Å². The van der Waals surface area contributed by atoms with Gasteiger partial charge in [-0.1, -0.05) is 18.2 Å². The van der Waals surface area contributed by atoms with Gasteiger partial charge in [0.05, 0.1) is 6.54 Å². The van der Waals surface area contributed by atoms with Crippen LogP contribution in [-0.4, -0.2) is 48.5 Å². The quantitative estimate of drug-likeness (QED) is 0.836. The molecule has 1 aromatic heterocycles. The number of hydrogen-bond acceptors (Lipinski definition) is 4. The maximum atomic E-state index is 12.9. The molecule has 1 aliphatic heterocycles. The molecule has 0 bridgehead atoms. The van der Waals surface area contributed by atoms with Crippen molar-refractivity contribution in [2.24, 2.45) is 0 Å². The Morgan fingerprint density at radius 2 is 2.16 bits per heavy atom. The van der Waals surface area contributed by atoms with Gasteiger partial charge in [0.25, 0.3) is 0 Å². The van der Waals surface area contributed by atoms with Crippen LogP contribution in [-0.2, 0) is 11.2 Å². The summed E-state index contributed by atoms with van der Waals surface area (Å²) in [5, 5.41) is 6.33. The minimum atomic E-state index is -0.243. The second kappa shape index (κ2) is 8.69. The zero-order chi connectivity index (χ0) is 17.5. The molecule has 2 aromatic rings. The molecule has 5 nitrogen and oxygen atoms in total. The summed E-state index contributed by atoms with van der Waals surface area (Å²) in [6.07, 6.45) is 4.31. The first-order chi connectivity index (χ1) is 12.2. The topological polar surface area (TPSA) is 57.3 Å². The van der Waals surface area contributed by atoms with Gasteiger partial charge in [0.15, 0.2) is 0 Å². The molecule has 1 unspecified atom stereocenters. The Balaban J connectivity index is 1.49. The highest BCUT2D eigenvalue weighted by atomic mass is 19.1. The molecular weight excluding hydrogens is 319 g/mol. The SMILES string of the molecule is O=C(CN1CCNCC1c1cccnc1)NCCc1ccc(F)cc1. The van der Waals surface area contributed by atoms with E-state index in [-0.39, 0.29) is 17.8 Å². The number of halogens is 1. The van der Waals surface area contributed by atoms with Crippen molar-refractivity contribution >= 4 is 5.91 Å². The van der Waals surface area contributed by atoms with Crippen LogP contribution in [0.15, 0.2) is 48.8 Å². The minimum Gasteiger partial charge on any atom is -0.355 e. The largest absolute Gasteiger partial charge is 0.355 e. The standard InChI is InChI=1S/C19H23FN4O/c20-17-5-3-15(4-6-17)7-9-23-19(25)14-24-11-10-22-13-18(24)16-2-1-8-21-12-16/h1-6,8,12,18,22H,7,9-11,13-14H2,(H,23,25). The normalized spacial score (nSPS) is 18.0. The van der Waals surface area contributed by atoms with Crippen molar-refractivity contribution in [1.82, 2.24) is 20.5 Å². The van der Waals surface area contributed by atoms with Gasteiger partial charge in [-0.3, -0.25) is 14.7 Å². The summed E-state index contributed by atoms with van der Waals surface area (Å²) in [5.41, 5.74) is 2.13. The van der Waals surface area contributed by atoms with E-state index in [2.05, 4.69) is 20.5 Å². The summed E-state index contributed by atoms with van der Waals surface area (Å²) in [4.78, 5) is 18.6. The second-order valence-corrected chi connectivity index (χ2v) is 6.20. The van der Waals surface area contributed by atoms with E-state index in [1.165, 1.54) is 12.1 Å². The highest BCUT2D eigenvalue weighted by Crippen LogP contribution is 2.20. The van der Waals surface area contributed by atoms with Gasteiger partial charge in [0.1, 0.15) is 5.82 Å². The lowest BCUT2D eigenvalue weighted by Crippen LogP contribution is -2.49. The van der Waals surface area contributed by atoms with E-state index >= 15 is 0 Å². The smallest absolute Gasteiger partial charge is 0.234 e. The Labute approximate surface area is 147 Å². The van der Waals surface area contributed by atoms with E-state index in [1.54, 1.807) is 18.3 Å². The Bertz CT molecular complexity index is 678. The molecule has 0 aliphatic carbocycles. The fraction of sp³-hybridized carbons (Fsp3) is 0.368. The molecule has 1 saturated heterocycles. The van der Waals surface area contributed by atoms with Crippen molar-refractivity contribution < 1.29 is 9.18 Å². The Kier molecular flexibility index (Phi) is 6.09. The van der Waals surface area contributed by atoms with Crippen LogP contribution in [0.3, 0.4) is 0 Å². The number of benzene rings is 1. The number of pyridine rings is 1. The molecule has 2 heterocycles. The van der Waals surface area contributed by atoms with E-state index in [4.69, 9.17) is 0 Å². The molecule has 1 aromatic carbocycles. The number of nitrogens with zero attached hydrogens (tertiary/aromatic N) is 2. The third kappa shape index (κ3) is 5.08. The van der Waals surface area contributed by atoms with Gasteiger partial charge in [-0.25, -0.2) is 4.39 Å². The number of amides is 1. The van der Waals surface area contributed by atoms with E-state index in [9.17, 15) is 9.18 Å². The maximum Gasteiger partial charge on any atom is 0.234 e. The molecule has 2 N–H and O–H groups in total. The maximum absolute atomic E-state index is 12.9. The summed E-state index contributed by atoms with van der Waals surface area (Å²) >= 11 is 0. The first kappa shape index (κ1) is 17.5. The van der Waals surface area contributed by atoms with E-state index in [0.29, 0.717) is 19.5 Å². The van der Waals surface area contributed by atoms with Crippen LogP contribution >= 0.6 is 0 Å². The van der Waals surface area contributed by atoms with Gasteiger partial charge in [-0.15, -0.1) is 0 Å². The predicted molar refractivity (Wildman–Crippen MR) is 94.5 cm³/mol. The van der Waals surface area contributed by atoms with Crippen LogP contribution in [0.1, 0.15) is 17.2 Å². The van der Waals surface area contributed by atoms with Crippen molar-refractivity contribution in [3.05, 3.63) is 65.7 Å². The molecule has 0 spiro atoms. The number of rotatable bonds is 6. The lowest BCUT2D eigenvalue weighted by Gasteiger charge is -2.35. The monoisotopic (exact) mass is 342 g/mol. The minimum absolute atomic E-state index is 0.0119. The zero-order valence-electron chi connectivity index (χ0n) is 14.1. The fourth-order valence-corrected chi connectivity index (χ4v) is 3.08. The second-order valence-electron chi connectivity index (χ2n) is 6.20. The molecule has 6 heteroatoms. The van der Waals surface area contributed by atoms with Gasteiger partial charge in [-0.2, -0.15) is 0 Å². The van der Waals surface area contributed by atoms with Gasteiger partial charge in [0, 0.05) is 44.6 Å². The molecule has 3 rings (SSSR count). The van der Waals surface area contributed by atoms with Crippen LogP contribution in [0.25, 0.3) is 0 Å². The van der Waals surface area contributed by atoms with Crippen LogP contribution in [0.5, 0.6) is 0 Å². The summed E-state index contributed by atoms with van der Waals surface area (Å²) in [6.45, 7) is 3.43. The first-order valence-corrected chi connectivity index (χ1v) is 8.58. The molecule has 1 aliphatic rings. The lowest BCUT2D eigenvalue weighted by molar-refractivity contribution is -0.123. The number of carbonyl (C=O) groups excluding carboxylic acids is 1. The van der Waals surface area contributed by atoms with Crippen LogP contribution in [0, 0.1) is 5.82 Å². The highest BCUT2D eigenvalue weighted by molar-refractivity contribution is 5.78. The highest BCUT2D eigenvalue weighted by Gasteiger charge is 2.25. The van der Waals surface area contributed by atoms with E-state index < -0.39 is 0 Å². The number of piperazine rings is 1. The first-order valence-electron chi connectivity index (χ1n) is 8.58. The molecule has 0 saturated carbocycles. The average Bonchev–Trinajstić information content (AvgIpc) is 2.64. The van der Waals surface area contributed by atoms with Crippen molar-refractivity contribution in [2.75, 3.05) is 32.7 Å². The summed E-state index contributed by atoms with van der Waals surface area (Å²) in [6, 6.07) is 10.5. The van der Waals surface area contributed by atoms with Crippen molar-refractivity contribution in [2.45, 2.75) is 12.5 Å². The van der Waals surface area contributed by atoms with Gasteiger partial charge >= 0.3 is 0 Å². The Morgan fingerprint density at radius 3 is 2.92 bits per heavy atom. The van der Waals surface area contributed by atoms with E-state index in [1.807, 2.05) is 18.3 Å². The number of aromatic nitrogens is 1. The molecule has 1 amide bonds. The summed E-state index contributed by atoms with van der Waals surface area (Å²) < 4.78 is 12.9. The number of nitrogens with one attached hydrogen (secondary N) is 2. The fourth-order valence-electron chi connectivity index (χ4n) is 3.08. The molecule has 132 valence electrons. The third-order valence-electron chi connectivity index (χ3n) is 4.42. The van der Waals surface area contributed by atoms with Crippen molar-refractivity contribution in [3.8, 4) is 0 Å². The number of hydrogen-bond donors (Lipinski definition) is 2. The van der Waals surface area contributed by atoms with Crippen LogP contribution in [0.2, 0.25) is 0 Å². The average molecular weight is 342 g/mol. The van der Waals surface area contributed by atoms with E-state index in [0.717, 1.165) is 30.8 Å². The van der Waals surface area contributed by atoms with Crippen LogP contribution in [0.4, 0.5) is 4.39 Å². The zero-order valence-corrected chi connectivity index (χ0v) is 14.1. The van der Waals surface area contributed by atoms with Gasteiger partial charge in [0.2, 0.25) is 5.91 Å². The third-order valence-corrected chi connectivity index (χ3v) is 4.42. The molecule has 1 fully saturated rings. The summed E-state index contributed by atoms with van der Waals surface area (Å²) in [7, 11) is 0. The van der Waals surface area contributed by atoms with Gasteiger partial charge in [-0.05, 0) is 35.7 Å².